The third-order valence-corrected chi connectivity index (χ3v) is 4.90. The lowest BCUT2D eigenvalue weighted by Crippen LogP contribution is -2.23. The third-order valence-electron chi connectivity index (χ3n) is 3.54. The summed E-state index contributed by atoms with van der Waals surface area (Å²) in [6.45, 7) is 0.805. The van der Waals surface area contributed by atoms with Crippen molar-refractivity contribution in [2.75, 3.05) is 11.5 Å². The maximum Gasteiger partial charge on any atom is 0.326 e. The largest absolute Gasteiger partial charge is 0.326 e. The number of rotatable bonds is 2. The van der Waals surface area contributed by atoms with E-state index in [4.69, 9.17) is 11.6 Å². The average molecular weight is 283 g/mol. The molecule has 1 aromatic carbocycles. The number of aromatic amines is 1. The number of nitrogens with one attached hydrogen (secondary N) is 1. The van der Waals surface area contributed by atoms with E-state index in [2.05, 4.69) is 4.98 Å². The monoisotopic (exact) mass is 282 g/mol. The molecule has 0 atom stereocenters. The predicted molar refractivity (Wildman–Crippen MR) is 77.6 cm³/mol. The minimum absolute atomic E-state index is 0.0451. The van der Waals surface area contributed by atoms with Crippen LogP contribution < -0.4 is 5.69 Å². The number of fused-ring (bicyclic) bond motifs is 1. The van der Waals surface area contributed by atoms with Crippen LogP contribution >= 0.6 is 23.4 Å². The molecule has 0 spiro atoms. The molecule has 1 aliphatic rings. The van der Waals surface area contributed by atoms with Crippen molar-refractivity contribution >= 4 is 34.4 Å². The molecule has 3 nitrogen and oxygen atoms in total. The van der Waals surface area contributed by atoms with Gasteiger partial charge in [-0.2, -0.15) is 11.8 Å². The molecule has 18 heavy (non-hydrogen) atoms. The van der Waals surface area contributed by atoms with Crippen LogP contribution in [0.4, 0.5) is 0 Å². The van der Waals surface area contributed by atoms with Gasteiger partial charge in [-0.1, -0.05) is 17.7 Å². The van der Waals surface area contributed by atoms with Gasteiger partial charge in [0.2, 0.25) is 0 Å². The summed E-state index contributed by atoms with van der Waals surface area (Å²) in [6.07, 6.45) is 2.40. The van der Waals surface area contributed by atoms with Crippen molar-refractivity contribution in [2.24, 2.45) is 5.92 Å². The first kappa shape index (κ1) is 12.2. The summed E-state index contributed by atoms with van der Waals surface area (Å²) in [5, 5.41) is 0.613. The van der Waals surface area contributed by atoms with Gasteiger partial charge in [0.1, 0.15) is 0 Å². The summed E-state index contributed by atoms with van der Waals surface area (Å²) >= 11 is 8.10. The van der Waals surface area contributed by atoms with Crippen LogP contribution in [0.15, 0.2) is 23.0 Å². The second-order valence-electron chi connectivity index (χ2n) is 4.73. The minimum Gasteiger partial charge on any atom is -0.304 e. The van der Waals surface area contributed by atoms with Gasteiger partial charge in [0.25, 0.3) is 0 Å². The lowest BCUT2D eigenvalue weighted by atomic mass is 10.0. The second kappa shape index (κ2) is 5.02. The fraction of sp³-hybridized carbons (Fsp3) is 0.462. The molecular weight excluding hydrogens is 268 g/mol. The lowest BCUT2D eigenvalue weighted by molar-refractivity contribution is 0.417. The summed E-state index contributed by atoms with van der Waals surface area (Å²) < 4.78 is 1.84. The zero-order chi connectivity index (χ0) is 12.5. The fourth-order valence-electron chi connectivity index (χ4n) is 2.51. The number of nitrogens with zero attached hydrogens (tertiary/aromatic N) is 1. The van der Waals surface area contributed by atoms with E-state index < -0.39 is 0 Å². The van der Waals surface area contributed by atoms with E-state index in [1.54, 1.807) is 6.07 Å². The van der Waals surface area contributed by atoms with Crippen LogP contribution in [-0.4, -0.2) is 21.1 Å². The van der Waals surface area contributed by atoms with E-state index in [-0.39, 0.29) is 5.69 Å². The molecule has 2 aromatic rings. The minimum atomic E-state index is -0.0451. The zero-order valence-corrected chi connectivity index (χ0v) is 11.6. The molecule has 0 amide bonds. The Morgan fingerprint density at radius 2 is 2.17 bits per heavy atom. The van der Waals surface area contributed by atoms with Gasteiger partial charge in [-0.05, 0) is 42.4 Å². The molecule has 1 aromatic heterocycles. The third kappa shape index (κ3) is 2.19. The van der Waals surface area contributed by atoms with E-state index in [0.717, 1.165) is 17.6 Å². The highest BCUT2D eigenvalue weighted by Gasteiger charge is 2.17. The molecule has 0 radical (unpaired) electrons. The smallest absolute Gasteiger partial charge is 0.304 e. The Balaban J connectivity index is 1.98. The number of hydrogen-bond acceptors (Lipinski definition) is 2. The first-order chi connectivity index (χ1) is 8.75. The molecule has 5 heteroatoms. The van der Waals surface area contributed by atoms with Crippen LogP contribution in [0.25, 0.3) is 11.0 Å². The van der Waals surface area contributed by atoms with E-state index in [0.29, 0.717) is 10.9 Å². The topological polar surface area (TPSA) is 37.8 Å². The van der Waals surface area contributed by atoms with E-state index in [1.165, 1.54) is 24.3 Å². The maximum atomic E-state index is 12.0. The van der Waals surface area contributed by atoms with Crippen molar-refractivity contribution in [2.45, 2.75) is 19.4 Å². The van der Waals surface area contributed by atoms with Gasteiger partial charge in [-0.3, -0.25) is 4.57 Å². The highest BCUT2D eigenvalue weighted by molar-refractivity contribution is 7.99. The van der Waals surface area contributed by atoms with E-state index in [1.807, 2.05) is 28.5 Å². The molecular formula is C13H15ClN2OS. The predicted octanol–water partition coefficient (Wildman–Crippen LogP) is 3.13. The Hall–Kier alpha value is -0.870. The normalized spacial score (nSPS) is 17.4. The van der Waals surface area contributed by atoms with Crippen molar-refractivity contribution in [1.82, 2.24) is 9.55 Å². The molecule has 0 unspecified atom stereocenters. The Labute approximate surface area is 115 Å². The molecule has 1 N–H and O–H groups in total. The van der Waals surface area contributed by atoms with E-state index in [9.17, 15) is 4.79 Å². The number of para-hydroxylation sites is 1. The van der Waals surface area contributed by atoms with Crippen LogP contribution in [0.3, 0.4) is 0 Å². The highest BCUT2D eigenvalue weighted by Crippen LogP contribution is 2.26. The Morgan fingerprint density at radius 3 is 2.94 bits per heavy atom. The Morgan fingerprint density at radius 1 is 1.39 bits per heavy atom. The molecule has 1 fully saturated rings. The van der Waals surface area contributed by atoms with Gasteiger partial charge in [0.15, 0.2) is 0 Å². The van der Waals surface area contributed by atoms with E-state index >= 15 is 0 Å². The molecule has 2 heterocycles. The summed E-state index contributed by atoms with van der Waals surface area (Å²) in [7, 11) is 0. The fourth-order valence-corrected chi connectivity index (χ4v) is 3.93. The zero-order valence-electron chi connectivity index (χ0n) is 9.99. The summed E-state index contributed by atoms with van der Waals surface area (Å²) in [6, 6.07) is 5.66. The molecule has 1 aliphatic heterocycles. The van der Waals surface area contributed by atoms with Crippen LogP contribution in [0.2, 0.25) is 5.02 Å². The average Bonchev–Trinajstić information content (AvgIpc) is 2.70. The highest BCUT2D eigenvalue weighted by atomic mass is 35.5. The first-order valence-electron chi connectivity index (χ1n) is 6.20. The van der Waals surface area contributed by atoms with Crippen LogP contribution in [-0.2, 0) is 6.54 Å². The van der Waals surface area contributed by atoms with Crippen molar-refractivity contribution in [3.63, 3.8) is 0 Å². The Kier molecular flexibility index (Phi) is 3.39. The molecule has 96 valence electrons. The van der Waals surface area contributed by atoms with Crippen molar-refractivity contribution in [1.29, 1.82) is 0 Å². The van der Waals surface area contributed by atoms with Gasteiger partial charge in [0.05, 0.1) is 16.1 Å². The number of halogens is 1. The molecule has 1 saturated heterocycles. The van der Waals surface area contributed by atoms with Crippen molar-refractivity contribution < 1.29 is 0 Å². The van der Waals surface area contributed by atoms with Crippen LogP contribution in [0.5, 0.6) is 0 Å². The first-order valence-corrected chi connectivity index (χ1v) is 7.74. The number of thioether (sulfide) groups is 1. The second-order valence-corrected chi connectivity index (χ2v) is 6.36. The lowest BCUT2D eigenvalue weighted by Gasteiger charge is -2.21. The van der Waals surface area contributed by atoms with Gasteiger partial charge in [0, 0.05) is 6.54 Å². The summed E-state index contributed by atoms with van der Waals surface area (Å²) in [4.78, 5) is 14.9. The summed E-state index contributed by atoms with van der Waals surface area (Å²) in [5.74, 6) is 3.03. The van der Waals surface area contributed by atoms with Crippen molar-refractivity contribution in [3.8, 4) is 0 Å². The van der Waals surface area contributed by atoms with Gasteiger partial charge in [-0.15, -0.1) is 0 Å². The number of H-pyrrole nitrogens is 1. The quantitative estimate of drug-likeness (QED) is 0.919. The van der Waals surface area contributed by atoms with Gasteiger partial charge < -0.3 is 4.98 Å². The Bertz CT molecular complexity index is 613. The standard InChI is InChI=1S/C13H15ClN2OS/c14-10-2-1-3-11-12(10)15-13(17)16(11)8-9-4-6-18-7-5-9/h1-3,9H,4-8H2,(H,15,17). The maximum absolute atomic E-state index is 12.0. The van der Waals surface area contributed by atoms with Crippen LogP contribution in [0, 0.1) is 5.92 Å². The molecule has 3 rings (SSSR count). The summed E-state index contributed by atoms with van der Waals surface area (Å²) in [5.41, 5.74) is 1.64. The van der Waals surface area contributed by atoms with Crippen LogP contribution in [0.1, 0.15) is 12.8 Å². The molecule has 0 saturated carbocycles. The molecule has 0 aliphatic carbocycles. The van der Waals surface area contributed by atoms with Gasteiger partial charge >= 0.3 is 5.69 Å². The molecule has 0 bridgehead atoms. The number of imidazole rings is 1. The van der Waals surface area contributed by atoms with Crippen molar-refractivity contribution in [3.05, 3.63) is 33.7 Å². The SMILES string of the molecule is O=c1[nH]c2c(Cl)cccc2n1CC1CCSCC1. The number of aromatic nitrogens is 2. The number of hydrogen-bond donors (Lipinski definition) is 1. The number of benzene rings is 1. The van der Waals surface area contributed by atoms with Gasteiger partial charge in [-0.25, -0.2) is 4.79 Å².